The van der Waals surface area contributed by atoms with Gasteiger partial charge in [-0.2, -0.15) is 0 Å². The quantitative estimate of drug-likeness (QED) is 0.701. The number of fused-ring (bicyclic) bond motifs is 5. The molecule has 4 aliphatic carbocycles. The number of ketones is 2. The Morgan fingerprint density at radius 1 is 1.21 bits per heavy atom. The maximum atomic E-state index is 12.9. The average Bonchev–Trinajstić information content (AvgIpc) is 2.93. The lowest BCUT2D eigenvalue weighted by Gasteiger charge is -2.60. The van der Waals surface area contributed by atoms with E-state index in [1.165, 1.54) is 6.92 Å². The van der Waals surface area contributed by atoms with Crippen molar-refractivity contribution in [3.8, 4) is 0 Å². The van der Waals surface area contributed by atoms with Crippen LogP contribution in [-0.2, 0) is 19.1 Å². The minimum atomic E-state index is -1.37. The maximum absolute atomic E-state index is 12.9. The Kier molecular flexibility index (Phi) is 4.82. The maximum Gasteiger partial charge on any atom is 0.303 e. The third kappa shape index (κ3) is 2.71. The highest BCUT2D eigenvalue weighted by Crippen LogP contribution is 2.68. The van der Waals surface area contributed by atoms with E-state index in [9.17, 15) is 24.6 Å². The Balaban J connectivity index is 1.76. The molecule has 0 aliphatic heterocycles. The normalized spacial score (nSPS) is 46.2. The van der Waals surface area contributed by atoms with E-state index in [4.69, 9.17) is 4.74 Å². The Bertz CT molecular complexity index is 786. The fraction of sp³-hybridized carbons (Fsp3) is 0.783. The fourth-order valence-electron chi connectivity index (χ4n) is 7.73. The van der Waals surface area contributed by atoms with Crippen LogP contribution in [-0.4, -0.2) is 46.1 Å². The molecule has 0 aromatic heterocycles. The van der Waals surface area contributed by atoms with Gasteiger partial charge in [0, 0.05) is 18.8 Å². The van der Waals surface area contributed by atoms with Crippen molar-refractivity contribution in [2.24, 2.45) is 28.6 Å². The average molecular weight is 405 g/mol. The molecule has 160 valence electrons. The molecule has 0 unspecified atom stereocenters. The summed E-state index contributed by atoms with van der Waals surface area (Å²) in [6, 6.07) is 0. The van der Waals surface area contributed by atoms with Crippen LogP contribution in [0.15, 0.2) is 11.6 Å². The summed E-state index contributed by atoms with van der Waals surface area (Å²) in [5.41, 5.74) is -1.12. The monoisotopic (exact) mass is 404 g/mol. The van der Waals surface area contributed by atoms with Crippen LogP contribution in [0.25, 0.3) is 0 Å². The van der Waals surface area contributed by atoms with Gasteiger partial charge >= 0.3 is 5.97 Å². The first-order valence-electron chi connectivity index (χ1n) is 10.8. The Labute approximate surface area is 171 Å². The van der Waals surface area contributed by atoms with Crippen LogP contribution in [0.3, 0.4) is 0 Å². The molecule has 6 nitrogen and oxygen atoms in total. The molecule has 29 heavy (non-hydrogen) atoms. The second kappa shape index (κ2) is 6.74. The molecule has 0 radical (unpaired) electrons. The van der Waals surface area contributed by atoms with E-state index in [2.05, 4.69) is 6.92 Å². The molecule has 3 saturated carbocycles. The van der Waals surface area contributed by atoms with Crippen molar-refractivity contribution in [1.82, 2.24) is 0 Å². The van der Waals surface area contributed by atoms with Crippen LogP contribution in [0.4, 0.5) is 0 Å². The number of allylic oxidation sites excluding steroid dienone is 1. The molecule has 7 atom stereocenters. The second-order valence-corrected chi connectivity index (χ2v) is 10.1. The van der Waals surface area contributed by atoms with Gasteiger partial charge in [-0.25, -0.2) is 0 Å². The van der Waals surface area contributed by atoms with Crippen LogP contribution in [0.5, 0.6) is 0 Å². The van der Waals surface area contributed by atoms with Crippen LogP contribution in [0.1, 0.15) is 65.7 Å². The van der Waals surface area contributed by atoms with Crippen molar-refractivity contribution in [3.63, 3.8) is 0 Å². The van der Waals surface area contributed by atoms with E-state index in [-0.39, 0.29) is 29.0 Å². The Morgan fingerprint density at radius 3 is 2.59 bits per heavy atom. The number of rotatable bonds is 3. The third-order valence-corrected chi connectivity index (χ3v) is 8.93. The van der Waals surface area contributed by atoms with Gasteiger partial charge in [0.15, 0.2) is 11.4 Å². The number of carbonyl (C=O) groups is 3. The third-order valence-electron chi connectivity index (χ3n) is 8.93. The number of hydrogen-bond acceptors (Lipinski definition) is 6. The molecule has 0 aromatic rings. The highest BCUT2D eigenvalue weighted by Gasteiger charge is 2.70. The number of hydrogen-bond donors (Lipinski definition) is 2. The molecule has 0 heterocycles. The summed E-state index contributed by atoms with van der Waals surface area (Å²) in [5.74, 6) is -0.462. The van der Waals surface area contributed by atoms with Gasteiger partial charge in [0.2, 0.25) is 5.78 Å². The van der Waals surface area contributed by atoms with Crippen molar-refractivity contribution in [3.05, 3.63) is 11.6 Å². The minimum Gasteiger partial charge on any atom is -0.451 e. The van der Waals surface area contributed by atoms with Crippen LogP contribution in [0, 0.1) is 28.6 Å². The zero-order chi connectivity index (χ0) is 21.2. The van der Waals surface area contributed by atoms with Crippen molar-refractivity contribution in [1.29, 1.82) is 0 Å². The van der Waals surface area contributed by atoms with Gasteiger partial charge < -0.3 is 14.9 Å². The van der Waals surface area contributed by atoms with Crippen LogP contribution >= 0.6 is 0 Å². The molecule has 6 heteroatoms. The van der Waals surface area contributed by atoms with E-state index < -0.39 is 35.5 Å². The zero-order valence-corrected chi connectivity index (χ0v) is 17.6. The molecule has 0 amide bonds. The number of aliphatic hydroxyl groups is 2. The lowest BCUT2D eigenvalue weighted by molar-refractivity contribution is -0.200. The summed E-state index contributed by atoms with van der Waals surface area (Å²) >= 11 is 0. The van der Waals surface area contributed by atoms with Gasteiger partial charge in [-0.1, -0.05) is 19.4 Å². The SMILES string of the molecule is CC(=O)O[C@@]1(C(=O)CO)CC[C@@H]2[C@H]3CCC4=CC(=O)CC[C@]4(C)[C@@H]3[C@@H](O)C[C@@]21C. The molecule has 0 saturated heterocycles. The first-order chi connectivity index (χ1) is 13.6. The van der Waals surface area contributed by atoms with E-state index in [0.717, 1.165) is 31.3 Å². The topological polar surface area (TPSA) is 101 Å². The number of aliphatic hydroxyl groups excluding tert-OH is 2. The van der Waals surface area contributed by atoms with Gasteiger partial charge in [-0.05, 0) is 67.8 Å². The van der Waals surface area contributed by atoms with Gasteiger partial charge in [0.1, 0.15) is 6.61 Å². The number of Topliss-reactive ketones (excluding diaryl/α,β-unsaturated/α-hetero) is 1. The van der Waals surface area contributed by atoms with Gasteiger partial charge in [-0.3, -0.25) is 14.4 Å². The van der Waals surface area contributed by atoms with Crippen molar-refractivity contribution in [2.45, 2.75) is 77.4 Å². The van der Waals surface area contributed by atoms with Gasteiger partial charge in [0.25, 0.3) is 0 Å². The van der Waals surface area contributed by atoms with E-state index >= 15 is 0 Å². The molecule has 4 aliphatic rings. The molecule has 0 aromatic carbocycles. The van der Waals surface area contributed by atoms with Crippen LogP contribution < -0.4 is 0 Å². The lowest BCUT2D eigenvalue weighted by Crippen LogP contribution is -2.63. The number of carbonyl (C=O) groups excluding carboxylic acids is 3. The van der Waals surface area contributed by atoms with Crippen molar-refractivity contribution >= 4 is 17.5 Å². The molecule has 0 bridgehead atoms. The second-order valence-electron chi connectivity index (χ2n) is 10.1. The first kappa shape index (κ1) is 20.7. The van der Waals surface area contributed by atoms with Gasteiger partial charge in [-0.15, -0.1) is 0 Å². The Hall–Kier alpha value is -1.53. The summed E-state index contributed by atoms with van der Waals surface area (Å²) in [4.78, 5) is 36.8. The largest absolute Gasteiger partial charge is 0.451 e. The number of ether oxygens (including phenoxy) is 1. The summed E-state index contributed by atoms with van der Waals surface area (Å²) in [6.45, 7) is 4.76. The predicted molar refractivity (Wildman–Crippen MR) is 105 cm³/mol. The highest BCUT2D eigenvalue weighted by molar-refractivity contribution is 5.92. The highest BCUT2D eigenvalue weighted by atomic mass is 16.6. The number of esters is 1. The summed E-state index contributed by atoms with van der Waals surface area (Å²) < 4.78 is 5.68. The smallest absolute Gasteiger partial charge is 0.303 e. The van der Waals surface area contributed by atoms with Gasteiger partial charge in [0.05, 0.1) is 6.10 Å². The standard InChI is InChI=1S/C23H32O6/c1-13(25)29-23(19(28)12-24)9-7-17-16-5-4-14-10-15(26)6-8-21(14,2)20(16)18(27)11-22(17,23)3/h10,16-18,20,24,27H,4-9,11-12H2,1-3H3/t16-,17-,18+,20+,21+,22+,23-/m1/s1. The van der Waals surface area contributed by atoms with E-state index in [0.29, 0.717) is 19.3 Å². The molecule has 4 rings (SSSR count). The van der Waals surface area contributed by atoms with Crippen LogP contribution in [0.2, 0.25) is 0 Å². The zero-order valence-electron chi connectivity index (χ0n) is 17.6. The summed E-state index contributed by atoms with van der Waals surface area (Å²) in [5, 5.41) is 21.0. The lowest BCUT2D eigenvalue weighted by atomic mass is 9.45. The summed E-state index contributed by atoms with van der Waals surface area (Å²) in [6.07, 6.45) is 5.59. The fourth-order valence-corrected chi connectivity index (χ4v) is 7.73. The van der Waals surface area contributed by atoms with Crippen molar-refractivity contribution in [2.75, 3.05) is 6.61 Å². The molecular weight excluding hydrogens is 372 g/mol. The summed E-state index contributed by atoms with van der Waals surface area (Å²) in [7, 11) is 0. The molecule has 0 spiro atoms. The molecular formula is C23H32O6. The van der Waals surface area contributed by atoms with Crippen molar-refractivity contribution < 1.29 is 29.3 Å². The van der Waals surface area contributed by atoms with E-state index in [1.807, 2.05) is 6.92 Å². The first-order valence-corrected chi connectivity index (χ1v) is 10.8. The minimum absolute atomic E-state index is 0.0334. The molecule has 2 N–H and O–H groups in total. The Morgan fingerprint density at radius 2 is 1.93 bits per heavy atom. The predicted octanol–water partition coefficient (Wildman–Crippen LogP) is 2.35. The molecule has 3 fully saturated rings. The van der Waals surface area contributed by atoms with E-state index in [1.54, 1.807) is 6.08 Å².